The number of amides is 1. The molecule has 8 nitrogen and oxygen atoms in total. The molecule has 0 bridgehead atoms. The minimum absolute atomic E-state index is 0.0107. The van der Waals surface area contributed by atoms with E-state index in [1.54, 1.807) is 11.3 Å². The summed E-state index contributed by atoms with van der Waals surface area (Å²) in [4.78, 5) is 46.8. The van der Waals surface area contributed by atoms with E-state index in [0.29, 0.717) is 11.3 Å². The van der Waals surface area contributed by atoms with Crippen molar-refractivity contribution in [2.45, 2.75) is 32.7 Å². The van der Waals surface area contributed by atoms with Crippen LogP contribution >= 0.6 is 43.2 Å². The molecule has 0 unspecified atom stereocenters. The first-order chi connectivity index (χ1) is 15.3. The van der Waals surface area contributed by atoms with Crippen LogP contribution in [0.1, 0.15) is 24.8 Å². The molecule has 0 aliphatic carbocycles. The molecule has 4 aromatic rings. The Bertz CT molecular complexity index is 1470. The van der Waals surface area contributed by atoms with Crippen molar-refractivity contribution < 1.29 is 4.79 Å². The number of rotatable bonds is 6. The fourth-order valence-electron chi connectivity index (χ4n) is 3.39. The Morgan fingerprint density at radius 3 is 2.59 bits per heavy atom. The number of aryl methyl sites for hydroxylation is 1. The molecule has 0 radical (unpaired) electrons. The normalized spacial score (nSPS) is 11.4. The van der Waals surface area contributed by atoms with Crippen LogP contribution in [-0.2, 0) is 24.8 Å². The third kappa shape index (κ3) is 4.16. The predicted molar refractivity (Wildman–Crippen MR) is 134 cm³/mol. The fourth-order valence-corrected chi connectivity index (χ4v) is 5.40. The second kappa shape index (κ2) is 9.24. The number of nitrogens with one attached hydrogen (secondary N) is 1. The Morgan fingerprint density at radius 2 is 1.84 bits per heavy atom. The van der Waals surface area contributed by atoms with E-state index in [-0.39, 0.29) is 33.4 Å². The maximum Gasteiger partial charge on any atom is 0.280 e. The molecular formula is C21H19Br2N5O3S. The van der Waals surface area contributed by atoms with Crippen LogP contribution in [0.5, 0.6) is 0 Å². The summed E-state index contributed by atoms with van der Waals surface area (Å²) in [5.41, 5.74) is 0.668. The van der Waals surface area contributed by atoms with Gasteiger partial charge in [0.2, 0.25) is 5.91 Å². The van der Waals surface area contributed by atoms with E-state index in [9.17, 15) is 14.4 Å². The highest BCUT2D eigenvalue weighted by Gasteiger charge is 2.17. The van der Waals surface area contributed by atoms with Gasteiger partial charge in [-0.25, -0.2) is 19.3 Å². The van der Waals surface area contributed by atoms with Crippen molar-refractivity contribution in [1.29, 1.82) is 0 Å². The van der Waals surface area contributed by atoms with E-state index in [4.69, 9.17) is 4.98 Å². The smallest absolute Gasteiger partial charge is 0.280 e. The third-order valence-corrected chi connectivity index (χ3v) is 8.16. The summed E-state index contributed by atoms with van der Waals surface area (Å²) in [6.07, 6.45) is 1.82. The zero-order valence-electron chi connectivity index (χ0n) is 17.3. The Hall–Kier alpha value is -2.37. The fraction of sp³-hybridized carbons (Fsp3) is 0.286. The number of nitrogens with zero attached hydrogens (tertiary/aromatic N) is 4. The monoisotopic (exact) mass is 579 g/mol. The summed E-state index contributed by atoms with van der Waals surface area (Å²) < 4.78 is 3.69. The van der Waals surface area contributed by atoms with Crippen molar-refractivity contribution in [1.82, 2.24) is 19.3 Å². The zero-order valence-corrected chi connectivity index (χ0v) is 21.3. The molecule has 0 aliphatic rings. The van der Waals surface area contributed by atoms with E-state index in [2.05, 4.69) is 49.1 Å². The first-order valence-electron chi connectivity index (χ1n) is 9.95. The number of anilines is 1. The molecule has 3 heterocycles. The van der Waals surface area contributed by atoms with Gasteiger partial charge in [0.1, 0.15) is 14.5 Å². The molecule has 0 aliphatic heterocycles. The molecule has 0 fully saturated rings. The van der Waals surface area contributed by atoms with Crippen LogP contribution in [0.4, 0.5) is 5.82 Å². The quantitative estimate of drug-likeness (QED) is 0.368. The number of thiazole rings is 1. The molecule has 0 atom stereocenters. The number of carbonyl (C=O) groups excluding carboxylic acids is 1. The summed E-state index contributed by atoms with van der Waals surface area (Å²) >= 11 is 7.85. The molecule has 0 saturated carbocycles. The van der Waals surface area contributed by atoms with Gasteiger partial charge in [0, 0.05) is 18.9 Å². The Balaban J connectivity index is 1.64. The van der Waals surface area contributed by atoms with Crippen LogP contribution < -0.4 is 16.4 Å². The van der Waals surface area contributed by atoms with Crippen LogP contribution in [0.2, 0.25) is 0 Å². The molecule has 1 aromatic carbocycles. The average molecular weight is 581 g/mol. The molecule has 0 saturated heterocycles. The maximum absolute atomic E-state index is 12.8. The lowest BCUT2D eigenvalue weighted by molar-refractivity contribution is -0.116. The molecular weight excluding hydrogens is 562 g/mol. The van der Waals surface area contributed by atoms with Crippen molar-refractivity contribution in [2.24, 2.45) is 7.05 Å². The highest BCUT2D eigenvalue weighted by Crippen LogP contribution is 2.34. The maximum atomic E-state index is 12.8. The van der Waals surface area contributed by atoms with Gasteiger partial charge in [0.25, 0.3) is 11.1 Å². The lowest BCUT2D eigenvalue weighted by Gasteiger charge is -2.13. The second-order valence-electron chi connectivity index (χ2n) is 7.20. The number of carbonyl (C=O) groups is 1. The van der Waals surface area contributed by atoms with Crippen molar-refractivity contribution in [3.63, 3.8) is 0 Å². The molecule has 3 aromatic heterocycles. The van der Waals surface area contributed by atoms with Gasteiger partial charge in [0.15, 0.2) is 5.82 Å². The number of benzene rings is 1. The summed E-state index contributed by atoms with van der Waals surface area (Å²) in [7, 11) is 1.48. The van der Waals surface area contributed by atoms with E-state index in [1.807, 2.05) is 24.3 Å². The first-order valence-corrected chi connectivity index (χ1v) is 12.3. The topological polar surface area (TPSA) is 98.9 Å². The number of para-hydroxylation sites is 1. The van der Waals surface area contributed by atoms with Gasteiger partial charge >= 0.3 is 0 Å². The van der Waals surface area contributed by atoms with Gasteiger partial charge in [-0.05, 0) is 50.8 Å². The third-order valence-electron chi connectivity index (χ3n) is 5.01. The second-order valence-corrected chi connectivity index (χ2v) is 9.87. The van der Waals surface area contributed by atoms with Gasteiger partial charge in [-0.15, -0.1) is 11.3 Å². The lowest BCUT2D eigenvalue weighted by Crippen LogP contribution is -2.38. The van der Waals surface area contributed by atoms with Gasteiger partial charge < -0.3 is 5.32 Å². The number of halogens is 2. The molecule has 4 rings (SSSR count). The van der Waals surface area contributed by atoms with Gasteiger partial charge in [-0.2, -0.15) is 0 Å². The minimum Gasteiger partial charge on any atom is -0.309 e. The van der Waals surface area contributed by atoms with Crippen LogP contribution in [0, 0.1) is 0 Å². The molecule has 0 spiro atoms. The van der Waals surface area contributed by atoms with Gasteiger partial charge in [-0.1, -0.05) is 25.1 Å². The molecule has 166 valence electrons. The molecule has 1 amide bonds. The predicted octanol–water partition coefficient (Wildman–Crippen LogP) is 4.21. The van der Waals surface area contributed by atoms with Crippen LogP contribution in [0.25, 0.3) is 21.1 Å². The number of hydrogen-bond acceptors (Lipinski definition) is 6. The molecule has 1 N–H and O–H groups in total. The molecule has 32 heavy (non-hydrogen) atoms. The molecule has 11 heteroatoms. The van der Waals surface area contributed by atoms with Crippen LogP contribution in [0.3, 0.4) is 0 Å². The number of hydrogen-bond donors (Lipinski definition) is 1. The summed E-state index contributed by atoms with van der Waals surface area (Å²) in [5.74, 6) is 0.0815. The van der Waals surface area contributed by atoms with Crippen molar-refractivity contribution >= 4 is 76.0 Å². The Kier molecular flexibility index (Phi) is 6.59. The highest BCUT2D eigenvalue weighted by atomic mass is 79.9. The number of pyridine rings is 1. The largest absolute Gasteiger partial charge is 0.309 e. The van der Waals surface area contributed by atoms with E-state index in [0.717, 1.165) is 33.5 Å². The van der Waals surface area contributed by atoms with Crippen LogP contribution in [-0.4, -0.2) is 25.2 Å². The van der Waals surface area contributed by atoms with Crippen molar-refractivity contribution in [2.75, 3.05) is 5.32 Å². The number of aromatic nitrogens is 4. The van der Waals surface area contributed by atoms with Crippen molar-refractivity contribution in [3.05, 3.63) is 58.9 Å². The van der Waals surface area contributed by atoms with Gasteiger partial charge in [0.05, 0.1) is 21.8 Å². The standard InChI is InChI=1S/C21H19Br2N5O3S/c1-3-6-14-26-17-18(32-14)11-7-4-5-8-12(11)24-19(17)25-13(29)9-10-28-21(31)16(23)15(22)20(30)27(28)2/h4-5,7-8H,3,6,9-10H2,1-2H3,(H,24,25,29). The van der Waals surface area contributed by atoms with E-state index >= 15 is 0 Å². The summed E-state index contributed by atoms with van der Waals surface area (Å²) in [6.45, 7) is 2.14. The Labute approximate surface area is 203 Å². The summed E-state index contributed by atoms with van der Waals surface area (Å²) in [6, 6.07) is 7.76. The van der Waals surface area contributed by atoms with E-state index in [1.165, 1.54) is 16.4 Å². The lowest BCUT2D eigenvalue weighted by atomic mass is 10.2. The highest BCUT2D eigenvalue weighted by molar-refractivity contribution is 9.13. The zero-order chi connectivity index (χ0) is 23.0. The average Bonchev–Trinajstić information content (AvgIpc) is 3.21. The summed E-state index contributed by atoms with van der Waals surface area (Å²) in [5, 5.41) is 4.85. The minimum atomic E-state index is -0.401. The SMILES string of the molecule is CCCc1nc2c(NC(=O)CCn3c(=O)c(Br)c(Br)c(=O)n3C)nc3ccccc3c2s1. The first kappa shape index (κ1) is 22.8. The Morgan fingerprint density at radius 1 is 1.12 bits per heavy atom. The van der Waals surface area contributed by atoms with E-state index < -0.39 is 5.56 Å². The number of fused-ring (bicyclic) bond motifs is 3. The van der Waals surface area contributed by atoms with Gasteiger partial charge in [-0.3, -0.25) is 14.4 Å². The van der Waals surface area contributed by atoms with Crippen LogP contribution in [0.15, 0.2) is 42.8 Å². The van der Waals surface area contributed by atoms with Crippen molar-refractivity contribution in [3.8, 4) is 0 Å².